The Balaban J connectivity index is 0.00000441. The van der Waals surface area contributed by atoms with Crippen LogP contribution in [0.25, 0.3) is 0 Å². The molecule has 2 aromatic carbocycles. The smallest absolute Gasteiger partial charge is 0.128 e. The number of nitrogens with zero attached hydrogens (tertiary/aromatic N) is 2. The first-order chi connectivity index (χ1) is 18.2. The van der Waals surface area contributed by atoms with Crippen LogP contribution in [0, 0.1) is 7.43 Å². The van der Waals surface area contributed by atoms with Gasteiger partial charge in [-0.25, -0.2) is 0 Å². The van der Waals surface area contributed by atoms with Gasteiger partial charge in [0.15, 0.2) is 0 Å². The molecule has 42 heavy (non-hydrogen) atoms. The number of rotatable bonds is 4. The van der Waals surface area contributed by atoms with E-state index in [0.717, 1.165) is 47.9 Å². The van der Waals surface area contributed by atoms with E-state index in [9.17, 15) is 10.2 Å². The van der Waals surface area contributed by atoms with Crippen molar-refractivity contribution in [2.45, 2.75) is 143 Å². The molecule has 0 heterocycles. The molecule has 0 bridgehead atoms. The van der Waals surface area contributed by atoms with Crippen LogP contribution >= 0.6 is 0 Å². The van der Waals surface area contributed by atoms with Gasteiger partial charge in [-0.15, -0.1) is 0 Å². The number of benzene rings is 2. The van der Waals surface area contributed by atoms with Gasteiger partial charge in [-0.1, -0.05) is 108 Å². The molecule has 0 saturated heterocycles. The molecule has 0 aromatic heterocycles. The van der Waals surface area contributed by atoms with Crippen LogP contribution in [-0.2, 0) is 38.4 Å². The van der Waals surface area contributed by atoms with Crippen LogP contribution < -0.4 is 0 Å². The predicted octanol–water partition coefficient (Wildman–Crippen LogP) is 9.58. The molecule has 4 nitrogen and oxygen atoms in total. The molecule has 0 spiro atoms. The Bertz CT molecular complexity index is 1170. The zero-order valence-corrected chi connectivity index (χ0v) is 29.6. The van der Waals surface area contributed by atoms with E-state index in [1.165, 1.54) is 11.1 Å². The van der Waals surface area contributed by atoms with E-state index in [0.29, 0.717) is 11.5 Å². The molecule has 2 atom stereocenters. The van der Waals surface area contributed by atoms with E-state index >= 15 is 0 Å². The van der Waals surface area contributed by atoms with Gasteiger partial charge in [0, 0.05) is 51.5 Å². The average Bonchev–Trinajstić information content (AvgIpc) is 2.80. The van der Waals surface area contributed by atoms with Gasteiger partial charge < -0.3 is 17.6 Å². The van der Waals surface area contributed by atoms with E-state index < -0.39 is 0 Å². The van der Waals surface area contributed by atoms with Crippen molar-refractivity contribution in [3.05, 3.63) is 65.1 Å². The first kappa shape index (κ1) is 37.9. The van der Waals surface area contributed by atoms with Crippen LogP contribution in [0.2, 0.25) is 0 Å². The minimum atomic E-state index is -0.179. The van der Waals surface area contributed by atoms with Gasteiger partial charge in [-0.2, -0.15) is 0 Å². The average molecular weight is 621 g/mol. The summed E-state index contributed by atoms with van der Waals surface area (Å²) in [6.45, 7) is 26.0. The maximum absolute atomic E-state index is 11.2. The van der Waals surface area contributed by atoms with Gasteiger partial charge in [0.1, 0.15) is 11.5 Å². The normalized spacial score (nSPS) is 18.7. The number of phenolic OH excluding ortho intramolecular Hbond substituents is 2. The van der Waals surface area contributed by atoms with Crippen LogP contribution in [-0.4, -0.2) is 34.7 Å². The minimum Gasteiger partial charge on any atom is -0.507 e. The summed E-state index contributed by atoms with van der Waals surface area (Å²) in [4.78, 5) is 10.1. The third-order valence-electron chi connectivity index (χ3n) is 8.13. The molecule has 2 aromatic rings. The molecular formula is C37H57CoN2O2-. The molecule has 0 aliphatic heterocycles. The zero-order valence-electron chi connectivity index (χ0n) is 28.6. The fraction of sp³-hybridized carbons (Fsp3) is 0.595. The van der Waals surface area contributed by atoms with Gasteiger partial charge in [0.05, 0.1) is 12.1 Å². The van der Waals surface area contributed by atoms with Crippen molar-refractivity contribution in [2.75, 3.05) is 0 Å². The third-order valence-corrected chi connectivity index (χ3v) is 8.13. The molecule has 1 radical (unpaired) electrons. The van der Waals surface area contributed by atoms with Gasteiger partial charge in [0.25, 0.3) is 0 Å². The molecule has 1 aliphatic carbocycles. The maximum atomic E-state index is 11.2. The quantitative estimate of drug-likeness (QED) is 0.264. The molecule has 1 saturated carbocycles. The van der Waals surface area contributed by atoms with Crippen molar-refractivity contribution in [3.63, 3.8) is 0 Å². The molecule has 3 rings (SSSR count). The molecule has 2 N–H and O–H groups in total. The van der Waals surface area contributed by atoms with Crippen molar-refractivity contribution < 1.29 is 27.0 Å². The summed E-state index contributed by atoms with van der Waals surface area (Å²) in [5, 5.41) is 22.5. The third kappa shape index (κ3) is 9.19. The summed E-state index contributed by atoms with van der Waals surface area (Å²) in [5.41, 5.74) is 5.39. The molecule has 237 valence electrons. The van der Waals surface area contributed by atoms with Crippen molar-refractivity contribution in [3.8, 4) is 11.5 Å². The second-order valence-corrected chi connectivity index (χ2v) is 15.9. The van der Waals surface area contributed by atoms with Crippen LogP contribution in [0.5, 0.6) is 11.5 Å². The summed E-state index contributed by atoms with van der Waals surface area (Å²) in [6, 6.07) is 8.53. The van der Waals surface area contributed by atoms with E-state index in [-0.39, 0.29) is 57.9 Å². The first-order valence-corrected chi connectivity index (χ1v) is 15.0. The van der Waals surface area contributed by atoms with Gasteiger partial charge >= 0.3 is 0 Å². The second kappa shape index (κ2) is 13.7. The van der Waals surface area contributed by atoms with Crippen molar-refractivity contribution in [1.82, 2.24) is 0 Å². The Morgan fingerprint density at radius 2 is 0.881 bits per heavy atom. The van der Waals surface area contributed by atoms with Crippen molar-refractivity contribution in [2.24, 2.45) is 9.98 Å². The Morgan fingerprint density at radius 1 is 0.571 bits per heavy atom. The zero-order chi connectivity index (χ0) is 30.3. The van der Waals surface area contributed by atoms with Crippen LogP contribution in [0.4, 0.5) is 0 Å². The van der Waals surface area contributed by atoms with E-state index in [4.69, 9.17) is 9.98 Å². The maximum Gasteiger partial charge on any atom is 0.128 e. The number of aromatic hydroxyl groups is 2. The Labute approximate surface area is 267 Å². The Hall–Kier alpha value is -2.11. The Kier molecular flexibility index (Phi) is 12.3. The molecular weight excluding hydrogens is 563 g/mol. The molecule has 5 heteroatoms. The molecule has 1 fully saturated rings. The number of hydrogen-bond acceptors (Lipinski definition) is 4. The number of phenols is 2. The summed E-state index contributed by atoms with van der Waals surface area (Å²) in [5.74, 6) is 0.637. The van der Waals surface area contributed by atoms with E-state index in [1.807, 2.05) is 12.4 Å². The van der Waals surface area contributed by atoms with Gasteiger partial charge in [0.2, 0.25) is 0 Å². The molecule has 0 unspecified atom stereocenters. The topological polar surface area (TPSA) is 65.2 Å². The largest absolute Gasteiger partial charge is 0.507 e. The summed E-state index contributed by atoms with van der Waals surface area (Å²) >= 11 is 0. The van der Waals surface area contributed by atoms with Crippen molar-refractivity contribution >= 4 is 12.4 Å². The minimum absolute atomic E-state index is 0. The van der Waals surface area contributed by atoms with Crippen LogP contribution in [0.15, 0.2) is 34.3 Å². The summed E-state index contributed by atoms with van der Waals surface area (Å²) < 4.78 is 0. The van der Waals surface area contributed by atoms with Crippen LogP contribution in [0.3, 0.4) is 0 Å². The predicted molar refractivity (Wildman–Crippen MR) is 179 cm³/mol. The monoisotopic (exact) mass is 620 g/mol. The molecule has 0 amide bonds. The fourth-order valence-electron chi connectivity index (χ4n) is 5.31. The SMILES string of the molecule is CC(C)(C)c1cc(C=N[C@@H]2CCCC[C@H]2N=Cc2cc(C(C)(C)C)cc(C(C)(C)C)c2O)c(O)c(C(C)(C)C)c1.[CH3-].[Co]. The summed E-state index contributed by atoms with van der Waals surface area (Å²) in [7, 11) is 0. The Morgan fingerprint density at radius 3 is 1.14 bits per heavy atom. The molecule has 1 aliphatic rings. The van der Waals surface area contributed by atoms with Crippen LogP contribution in [0.1, 0.15) is 142 Å². The van der Waals surface area contributed by atoms with Gasteiger partial charge in [-0.3, -0.25) is 9.98 Å². The van der Waals surface area contributed by atoms with E-state index in [1.54, 1.807) is 0 Å². The second-order valence-electron chi connectivity index (χ2n) is 15.9. The van der Waals surface area contributed by atoms with Crippen molar-refractivity contribution in [1.29, 1.82) is 0 Å². The standard InChI is InChI=1S/C36H54N2O2.CH3.Co/c1-33(2,3)25-17-23(31(39)27(19-25)35(7,8)9)21-37-29-15-13-14-16-30(29)38-22-24-18-26(34(4,5)6)20-28(32(24)40)36(10,11)12;;/h17-22,29-30,39-40H,13-16H2,1-12H3;1H3;/q;-1;/t29-,30-;;/m1../s1. The number of aliphatic imine (C=N–C) groups is 2. The first-order valence-electron chi connectivity index (χ1n) is 15.0. The fourth-order valence-corrected chi connectivity index (χ4v) is 5.31. The van der Waals surface area contributed by atoms with Gasteiger partial charge in [-0.05, 0) is 57.8 Å². The number of hydrogen-bond donors (Lipinski definition) is 2. The van der Waals surface area contributed by atoms with E-state index in [2.05, 4.69) is 107 Å². The summed E-state index contributed by atoms with van der Waals surface area (Å²) in [6.07, 6.45) is 7.90.